The quantitative estimate of drug-likeness (QED) is 0.670. The molecule has 0 fully saturated rings. The first-order valence-electron chi connectivity index (χ1n) is 5.88. The highest BCUT2D eigenvalue weighted by Gasteiger charge is 2.04. The van der Waals surface area contributed by atoms with E-state index in [9.17, 15) is 4.39 Å². The van der Waals surface area contributed by atoms with Gasteiger partial charge >= 0.3 is 0 Å². The van der Waals surface area contributed by atoms with Gasteiger partial charge in [-0.1, -0.05) is 12.1 Å². The molecule has 0 atom stereocenters. The molecule has 0 radical (unpaired) electrons. The van der Waals surface area contributed by atoms with Gasteiger partial charge in [0, 0.05) is 29.8 Å². The molecule has 0 N–H and O–H groups in total. The van der Waals surface area contributed by atoms with Crippen LogP contribution in [0.5, 0.6) is 0 Å². The van der Waals surface area contributed by atoms with Crippen molar-refractivity contribution >= 4 is 10.9 Å². The zero-order valence-electron chi connectivity index (χ0n) is 10.1. The summed E-state index contributed by atoms with van der Waals surface area (Å²) in [5, 5.41) is 1.24. The summed E-state index contributed by atoms with van der Waals surface area (Å²) < 4.78 is 15.2. The molecule has 0 aliphatic carbocycles. The third-order valence-corrected chi connectivity index (χ3v) is 3.15. The number of pyridine rings is 1. The molecule has 18 heavy (non-hydrogen) atoms. The summed E-state index contributed by atoms with van der Waals surface area (Å²) >= 11 is 0. The van der Waals surface area contributed by atoms with Crippen LogP contribution in [0.1, 0.15) is 11.1 Å². The van der Waals surface area contributed by atoms with Gasteiger partial charge in [-0.05, 0) is 36.2 Å². The molecule has 2 nitrogen and oxygen atoms in total. The van der Waals surface area contributed by atoms with E-state index in [4.69, 9.17) is 0 Å². The molecule has 90 valence electrons. The molecular formula is C15H13FN2. The van der Waals surface area contributed by atoms with Crippen LogP contribution >= 0.6 is 0 Å². The van der Waals surface area contributed by atoms with E-state index in [1.807, 2.05) is 12.3 Å². The van der Waals surface area contributed by atoms with Crippen molar-refractivity contribution in [1.29, 1.82) is 0 Å². The molecule has 3 heteroatoms. The maximum Gasteiger partial charge on any atom is 0.141 e. The molecule has 0 saturated heterocycles. The molecule has 2 heterocycles. The van der Waals surface area contributed by atoms with Gasteiger partial charge in [0.15, 0.2) is 0 Å². The smallest absolute Gasteiger partial charge is 0.141 e. The number of hydrogen-bond donors (Lipinski definition) is 0. The van der Waals surface area contributed by atoms with E-state index < -0.39 is 0 Å². The van der Waals surface area contributed by atoms with E-state index in [2.05, 4.69) is 34.7 Å². The molecule has 2 aromatic heterocycles. The molecule has 0 aliphatic heterocycles. The van der Waals surface area contributed by atoms with E-state index in [0.29, 0.717) is 6.54 Å². The van der Waals surface area contributed by atoms with Crippen LogP contribution < -0.4 is 0 Å². The standard InChI is InChI=1S/C15H13FN2/c1-11-3-2-4-15-14(11)5-6-18(15)10-12-7-13(16)9-17-8-12/h2-9H,10H2,1H3. The zero-order valence-corrected chi connectivity index (χ0v) is 10.1. The van der Waals surface area contributed by atoms with Gasteiger partial charge in [0.2, 0.25) is 0 Å². The van der Waals surface area contributed by atoms with Crippen LogP contribution in [0.3, 0.4) is 0 Å². The van der Waals surface area contributed by atoms with E-state index in [1.54, 1.807) is 6.20 Å². The van der Waals surface area contributed by atoms with Crippen molar-refractivity contribution in [3.8, 4) is 0 Å². The van der Waals surface area contributed by atoms with Crippen LogP contribution in [0.4, 0.5) is 4.39 Å². The van der Waals surface area contributed by atoms with Crippen molar-refractivity contribution in [2.75, 3.05) is 0 Å². The predicted molar refractivity (Wildman–Crippen MR) is 70.0 cm³/mol. The maximum absolute atomic E-state index is 13.1. The highest BCUT2D eigenvalue weighted by molar-refractivity contribution is 5.83. The lowest BCUT2D eigenvalue weighted by Crippen LogP contribution is -1.99. The summed E-state index contributed by atoms with van der Waals surface area (Å²) in [5.74, 6) is -0.292. The highest BCUT2D eigenvalue weighted by atomic mass is 19.1. The maximum atomic E-state index is 13.1. The van der Waals surface area contributed by atoms with Gasteiger partial charge in [0.25, 0.3) is 0 Å². The molecule has 0 spiro atoms. The average molecular weight is 240 g/mol. The minimum absolute atomic E-state index is 0.292. The first-order chi connectivity index (χ1) is 8.74. The fourth-order valence-electron chi connectivity index (χ4n) is 2.25. The summed E-state index contributed by atoms with van der Waals surface area (Å²) in [6.45, 7) is 2.73. The Morgan fingerprint density at radius 1 is 1.22 bits per heavy atom. The number of aromatic nitrogens is 2. The minimum Gasteiger partial charge on any atom is -0.343 e. The van der Waals surface area contributed by atoms with Gasteiger partial charge in [-0.25, -0.2) is 4.39 Å². The number of hydrogen-bond acceptors (Lipinski definition) is 1. The number of halogens is 1. The van der Waals surface area contributed by atoms with Crippen LogP contribution in [-0.2, 0) is 6.54 Å². The normalized spacial score (nSPS) is 11.0. The third kappa shape index (κ3) is 1.88. The van der Waals surface area contributed by atoms with Crippen molar-refractivity contribution in [2.45, 2.75) is 13.5 Å². The Bertz CT molecular complexity index is 701. The molecule has 0 bridgehead atoms. The summed E-state index contributed by atoms with van der Waals surface area (Å²) in [7, 11) is 0. The van der Waals surface area contributed by atoms with E-state index in [0.717, 1.165) is 5.56 Å². The Labute approximate surface area is 105 Å². The monoisotopic (exact) mass is 240 g/mol. The average Bonchev–Trinajstić information content (AvgIpc) is 2.74. The molecule has 3 aromatic rings. The van der Waals surface area contributed by atoms with Crippen molar-refractivity contribution in [3.63, 3.8) is 0 Å². The first kappa shape index (κ1) is 11.0. The summed E-state index contributed by atoms with van der Waals surface area (Å²) in [5.41, 5.74) is 3.29. The lowest BCUT2D eigenvalue weighted by molar-refractivity contribution is 0.617. The molecular weight excluding hydrogens is 227 g/mol. The van der Waals surface area contributed by atoms with Crippen molar-refractivity contribution < 1.29 is 4.39 Å². The second-order valence-electron chi connectivity index (χ2n) is 4.46. The second kappa shape index (κ2) is 4.26. The van der Waals surface area contributed by atoms with Crippen molar-refractivity contribution in [2.24, 2.45) is 0 Å². The number of aryl methyl sites for hydroxylation is 1. The third-order valence-electron chi connectivity index (χ3n) is 3.15. The Morgan fingerprint density at radius 2 is 2.11 bits per heavy atom. The number of benzene rings is 1. The van der Waals surface area contributed by atoms with Gasteiger partial charge in [0.05, 0.1) is 6.20 Å². The fourth-order valence-corrected chi connectivity index (χ4v) is 2.25. The first-order valence-corrected chi connectivity index (χ1v) is 5.88. The highest BCUT2D eigenvalue weighted by Crippen LogP contribution is 2.20. The van der Waals surface area contributed by atoms with Gasteiger partial charge < -0.3 is 4.57 Å². The Balaban J connectivity index is 2.03. The topological polar surface area (TPSA) is 17.8 Å². The van der Waals surface area contributed by atoms with E-state index in [1.165, 1.54) is 28.7 Å². The molecule has 0 amide bonds. The molecule has 0 unspecified atom stereocenters. The second-order valence-corrected chi connectivity index (χ2v) is 4.46. The Morgan fingerprint density at radius 3 is 2.94 bits per heavy atom. The van der Waals surface area contributed by atoms with Crippen LogP contribution in [0.2, 0.25) is 0 Å². The fraction of sp³-hybridized carbons (Fsp3) is 0.133. The van der Waals surface area contributed by atoms with Crippen LogP contribution in [0.15, 0.2) is 48.9 Å². The largest absolute Gasteiger partial charge is 0.343 e. The lowest BCUT2D eigenvalue weighted by atomic mass is 10.1. The number of rotatable bonds is 2. The van der Waals surface area contributed by atoms with Gasteiger partial charge in [0.1, 0.15) is 5.82 Å². The Hall–Kier alpha value is -2.16. The summed E-state index contributed by atoms with van der Waals surface area (Å²) in [6, 6.07) is 9.83. The minimum atomic E-state index is -0.292. The van der Waals surface area contributed by atoms with Crippen LogP contribution in [0.25, 0.3) is 10.9 Å². The molecule has 0 aliphatic rings. The predicted octanol–water partition coefficient (Wildman–Crippen LogP) is 3.53. The van der Waals surface area contributed by atoms with Crippen LogP contribution in [-0.4, -0.2) is 9.55 Å². The SMILES string of the molecule is Cc1cccc2c1ccn2Cc1cncc(F)c1. The molecule has 3 rings (SSSR count). The molecule has 0 saturated carbocycles. The van der Waals surface area contributed by atoms with Gasteiger partial charge in [-0.3, -0.25) is 4.98 Å². The molecule has 1 aromatic carbocycles. The van der Waals surface area contributed by atoms with Crippen molar-refractivity contribution in [1.82, 2.24) is 9.55 Å². The zero-order chi connectivity index (χ0) is 12.5. The number of nitrogens with zero attached hydrogens (tertiary/aromatic N) is 2. The summed E-state index contributed by atoms with van der Waals surface area (Å²) in [4.78, 5) is 3.87. The number of fused-ring (bicyclic) bond motifs is 1. The summed E-state index contributed by atoms with van der Waals surface area (Å²) in [6.07, 6.45) is 4.95. The van der Waals surface area contributed by atoms with E-state index in [-0.39, 0.29) is 5.82 Å². The Kier molecular flexibility index (Phi) is 2.59. The van der Waals surface area contributed by atoms with Gasteiger partial charge in [-0.15, -0.1) is 0 Å². The lowest BCUT2D eigenvalue weighted by Gasteiger charge is -2.06. The van der Waals surface area contributed by atoms with E-state index >= 15 is 0 Å². The van der Waals surface area contributed by atoms with Crippen molar-refractivity contribution in [3.05, 3.63) is 65.9 Å². The van der Waals surface area contributed by atoms with Crippen LogP contribution in [0, 0.1) is 12.7 Å². The van der Waals surface area contributed by atoms with Gasteiger partial charge in [-0.2, -0.15) is 0 Å².